The third-order valence-corrected chi connectivity index (χ3v) is 7.49. The molecule has 0 spiro atoms. The highest BCUT2D eigenvalue weighted by Crippen LogP contribution is 2.61. The number of thioether (sulfide) groups is 1. The first-order valence-corrected chi connectivity index (χ1v) is 10.6. The van der Waals surface area contributed by atoms with Crippen molar-refractivity contribution in [3.63, 3.8) is 0 Å². The van der Waals surface area contributed by atoms with Gasteiger partial charge in [0.25, 0.3) is 0 Å². The molecular weight excluding hydrogens is 274 g/mol. The first kappa shape index (κ1) is 16.2. The SMILES string of the molecule is CCNC(CSCCC(C)C)C12CC3CC(CC(C3)C1)C2. The molecule has 0 aromatic rings. The fourth-order valence-corrected chi connectivity index (χ4v) is 7.34. The fourth-order valence-electron chi connectivity index (χ4n) is 5.82. The van der Waals surface area contributed by atoms with Gasteiger partial charge in [0.05, 0.1) is 0 Å². The summed E-state index contributed by atoms with van der Waals surface area (Å²) in [5.74, 6) is 6.81. The molecule has 0 aromatic carbocycles. The maximum atomic E-state index is 3.91. The predicted octanol–water partition coefficient (Wildman–Crippen LogP) is 4.96. The van der Waals surface area contributed by atoms with Gasteiger partial charge in [-0.1, -0.05) is 20.8 Å². The van der Waals surface area contributed by atoms with Gasteiger partial charge in [0.1, 0.15) is 0 Å². The lowest BCUT2D eigenvalue weighted by atomic mass is 9.48. The standard InChI is InChI=1S/C19H35NS/c1-4-20-18(13-21-6-5-14(2)3)19-10-15-7-16(11-19)9-17(8-15)12-19/h14-18,20H,4-13H2,1-3H3. The molecule has 21 heavy (non-hydrogen) atoms. The van der Waals surface area contributed by atoms with E-state index in [0.717, 1.165) is 36.3 Å². The van der Waals surface area contributed by atoms with E-state index in [0.29, 0.717) is 5.41 Å². The lowest BCUT2D eigenvalue weighted by molar-refractivity contribution is -0.0691. The van der Waals surface area contributed by atoms with Crippen molar-refractivity contribution in [1.29, 1.82) is 0 Å². The van der Waals surface area contributed by atoms with E-state index < -0.39 is 0 Å². The Kier molecular flexibility index (Phi) is 5.26. The molecule has 1 atom stereocenters. The van der Waals surface area contributed by atoms with Crippen LogP contribution in [-0.4, -0.2) is 24.1 Å². The summed E-state index contributed by atoms with van der Waals surface area (Å²) in [7, 11) is 0. The van der Waals surface area contributed by atoms with E-state index in [1.807, 2.05) is 0 Å². The minimum Gasteiger partial charge on any atom is -0.313 e. The molecule has 0 aliphatic heterocycles. The number of hydrogen-bond donors (Lipinski definition) is 1. The van der Waals surface area contributed by atoms with Crippen LogP contribution in [0, 0.1) is 29.1 Å². The monoisotopic (exact) mass is 309 g/mol. The quantitative estimate of drug-likeness (QED) is 0.636. The van der Waals surface area contributed by atoms with E-state index in [4.69, 9.17) is 0 Å². The zero-order chi connectivity index (χ0) is 14.9. The Morgan fingerprint density at radius 3 is 2.10 bits per heavy atom. The van der Waals surface area contributed by atoms with Crippen LogP contribution in [0.1, 0.15) is 65.7 Å². The van der Waals surface area contributed by atoms with Gasteiger partial charge in [-0.15, -0.1) is 0 Å². The van der Waals surface area contributed by atoms with E-state index >= 15 is 0 Å². The van der Waals surface area contributed by atoms with Crippen molar-refractivity contribution < 1.29 is 0 Å². The summed E-state index contributed by atoms with van der Waals surface area (Å²) in [5.41, 5.74) is 0.676. The molecule has 4 aliphatic carbocycles. The molecule has 1 unspecified atom stereocenters. The highest BCUT2D eigenvalue weighted by Gasteiger charge is 2.53. The van der Waals surface area contributed by atoms with Gasteiger partial charge in [-0.2, -0.15) is 11.8 Å². The molecule has 0 saturated heterocycles. The van der Waals surface area contributed by atoms with E-state index in [-0.39, 0.29) is 0 Å². The van der Waals surface area contributed by atoms with E-state index in [1.54, 1.807) is 38.5 Å². The Labute approximate surface area is 136 Å². The van der Waals surface area contributed by atoms with Crippen LogP contribution in [0.4, 0.5) is 0 Å². The summed E-state index contributed by atoms with van der Waals surface area (Å²) < 4.78 is 0. The molecule has 1 N–H and O–H groups in total. The van der Waals surface area contributed by atoms with Gasteiger partial charge in [0.2, 0.25) is 0 Å². The second-order valence-electron chi connectivity index (χ2n) is 8.65. The van der Waals surface area contributed by atoms with Crippen molar-refractivity contribution in [3.05, 3.63) is 0 Å². The molecule has 122 valence electrons. The van der Waals surface area contributed by atoms with Gasteiger partial charge in [0, 0.05) is 11.8 Å². The summed E-state index contributed by atoms with van der Waals surface area (Å²) >= 11 is 2.22. The van der Waals surface area contributed by atoms with Crippen LogP contribution in [0.3, 0.4) is 0 Å². The molecule has 4 rings (SSSR count). The van der Waals surface area contributed by atoms with Crippen molar-refractivity contribution in [1.82, 2.24) is 5.32 Å². The van der Waals surface area contributed by atoms with Crippen molar-refractivity contribution in [2.45, 2.75) is 71.8 Å². The van der Waals surface area contributed by atoms with E-state index in [9.17, 15) is 0 Å². The molecule has 4 saturated carbocycles. The van der Waals surface area contributed by atoms with Crippen LogP contribution >= 0.6 is 11.8 Å². The number of nitrogens with one attached hydrogen (secondary N) is 1. The van der Waals surface area contributed by atoms with Crippen molar-refractivity contribution in [3.8, 4) is 0 Å². The number of rotatable bonds is 8. The lowest BCUT2D eigenvalue weighted by Gasteiger charge is -2.59. The molecule has 4 fully saturated rings. The van der Waals surface area contributed by atoms with Crippen molar-refractivity contribution in [2.75, 3.05) is 18.1 Å². The summed E-state index contributed by atoms with van der Waals surface area (Å²) in [5, 5.41) is 3.91. The van der Waals surface area contributed by atoms with Gasteiger partial charge in [0.15, 0.2) is 0 Å². The lowest BCUT2D eigenvalue weighted by Crippen LogP contribution is -2.56. The molecule has 0 radical (unpaired) electrons. The summed E-state index contributed by atoms with van der Waals surface area (Å²) in [6.45, 7) is 8.15. The summed E-state index contributed by atoms with van der Waals surface area (Å²) in [6, 6.07) is 0.785. The second kappa shape index (κ2) is 6.83. The average Bonchev–Trinajstić information content (AvgIpc) is 2.40. The Hall–Kier alpha value is 0.310. The van der Waals surface area contributed by atoms with E-state index in [1.165, 1.54) is 17.9 Å². The summed E-state index contributed by atoms with van der Waals surface area (Å²) in [4.78, 5) is 0. The highest BCUT2D eigenvalue weighted by molar-refractivity contribution is 7.99. The minimum absolute atomic E-state index is 0.676. The Morgan fingerprint density at radius 2 is 1.62 bits per heavy atom. The zero-order valence-corrected chi connectivity index (χ0v) is 15.2. The first-order valence-electron chi connectivity index (χ1n) is 9.42. The minimum atomic E-state index is 0.676. The fraction of sp³-hybridized carbons (Fsp3) is 1.00. The van der Waals surface area contributed by atoms with Gasteiger partial charge < -0.3 is 5.32 Å². The zero-order valence-electron chi connectivity index (χ0n) is 14.4. The van der Waals surface area contributed by atoms with Crippen LogP contribution in [0.2, 0.25) is 0 Å². The molecular formula is C19H35NS. The maximum absolute atomic E-state index is 3.91. The van der Waals surface area contributed by atoms with Gasteiger partial charge in [-0.3, -0.25) is 0 Å². The number of hydrogen-bond acceptors (Lipinski definition) is 2. The highest BCUT2D eigenvalue weighted by atomic mass is 32.2. The van der Waals surface area contributed by atoms with Crippen LogP contribution in [0.15, 0.2) is 0 Å². The third kappa shape index (κ3) is 3.63. The molecule has 4 bridgehead atoms. The first-order chi connectivity index (χ1) is 10.1. The molecule has 1 nitrogen and oxygen atoms in total. The summed E-state index contributed by atoms with van der Waals surface area (Å²) in [6.07, 6.45) is 10.7. The largest absolute Gasteiger partial charge is 0.313 e. The molecule has 0 heterocycles. The molecule has 2 heteroatoms. The third-order valence-electron chi connectivity index (χ3n) is 6.40. The smallest absolute Gasteiger partial charge is 0.0214 e. The molecule has 4 aliphatic rings. The molecule has 0 amide bonds. The van der Waals surface area contributed by atoms with Crippen LogP contribution in [0.5, 0.6) is 0 Å². The normalized spacial score (nSPS) is 39.1. The molecule has 0 aromatic heterocycles. The van der Waals surface area contributed by atoms with Crippen LogP contribution < -0.4 is 5.32 Å². The van der Waals surface area contributed by atoms with E-state index in [2.05, 4.69) is 37.8 Å². The predicted molar refractivity (Wildman–Crippen MR) is 94.8 cm³/mol. The van der Waals surface area contributed by atoms with Gasteiger partial charge in [-0.25, -0.2) is 0 Å². The van der Waals surface area contributed by atoms with Crippen molar-refractivity contribution in [2.24, 2.45) is 29.1 Å². The van der Waals surface area contributed by atoms with Gasteiger partial charge in [-0.05, 0) is 86.3 Å². The van der Waals surface area contributed by atoms with Crippen molar-refractivity contribution >= 4 is 11.8 Å². The van der Waals surface area contributed by atoms with Gasteiger partial charge >= 0.3 is 0 Å². The van der Waals surface area contributed by atoms with Crippen LogP contribution in [0.25, 0.3) is 0 Å². The average molecular weight is 310 g/mol. The topological polar surface area (TPSA) is 12.0 Å². The Balaban J connectivity index is 1.60. The second-order valence-corrected chi connectivity index (χ2v) is 9.80. The maximum Gasteiger partial charge on any atom is 0.0214 e. The Bertz CT molecular complexity index is 303. The Morgan fingerprint density at radius 1 is 1.05 bits per heavy atom. The van der Waals surface area contributed by atoms with Crippen LogP contribution in [-0.2, 0) is 0 Å².